The molecule has 0 radical (unpaired) electrons. The lowest BCUT2D eigenvalue weighted by atomic mass is 9.92. The third-order valence-electron chi connectivity index (χ3n) is 3.59. The zero-order chi connectivity index (χ0) is 18.6. The summed E-state index contributed by atoms with van der Waals surface area (Å²) < 4.78 is 10.5. The van der Waals surface area contributed by atoms with Gasteiger partial charge in [-0.1, -0.05) is 30.8 Å². The van der Waals surface area contributed by atoms with Gasteiger partial charge >= 0.3 is 5.97 Å². The first-order valence-corrected chi connectivity index (χ1v) is 7.66. The summed E-state index contributed by atoms with van der Waals surface area (Å²) in [5.74, 6) is -0.470. The highest BCUT2D eigenvalue weighted by atomic mass is 16.5. The molecule has 0 amide bonds. The number of ether oxygens (including phenoxy) is 2. The second-order valence-corrected chi connectivity index (χ2v) is 5.92. The summed E-state index contributed by atoms with van der Waals surface area (Å²) in [7, 11) is 1.56. The van der Waals surface area contributed by atoms with Gasteiger partial charge in [0.1, 0.15) is 17.1 Å². The highest BCUT2D eigenvalue weighted by molar-refractivity contribution is 6.06. The van der Waals surface area contributed by atoms with Crippen molar-refractivity contribution in [2.45, 2.75) is 19.4 Å². The predicted octanol–water partition coefficient (Wildman–Crippen LogP) is 3.41. The van der Waals surface area contributed by atoms with Crippen molar-refractivity contribution in [2.75, 3.05) is 7.11 Å². The summed E-state index contributed by atoms with van der Waals surface area (Å²) in [5, 5.41) is 10.1. The quantitative estimate of drug-likeness (QED) is 0.378. The smallest absolute Gasteiger partial charge is 0.335 e. The largest absolute Gasteiger partial charge is 0.497 e. The first kappa shape index (κ1) is 18.4. The predicted molar refractivity (Wildman–Crippen MR) is 94.9 cm³/mol. The number of methoxy groups -OCH3 is 1. The highest BCUT2D eigenvalue weighted by Crippen LogP contribution is 2.36. The molecule has 0 spiro atoms. The zero-order valence-electron chi connectivity index (χ0n) is 14.4. The lowest BCUT2D eigenvalue weighted by Gasteiger charge is -2.19. The number of carbonyl (C=O) groups excluding carboxylic acids is 2. The average molecular weight is 340 g/mol. The van der Waals surface area contributed by atoms with Crippen LogP contribution in [0.3, 0.4) is 0 Å². The van der Waals surface area contributed by atoms with Gasteiger partial charge in [0.15, 0.2) is 5.78 Å². The van der Waals surface area contributed by atoms with E-state index < -0.39 is 17.4 Å². The molecule has 5 nitrogen and oxygen atoms in total. The zero-order valence-corrected chi connectivity index (χ0v) is 14.4. The van der Waals surface area contributed by atoms with Gasteiger partial charge in [-0.25, -0.2) is 4.79 Å². The van der Waals surface area contributed by atoms with Crippen LogP contribution in [0.15, 0.2) is 55.1 Å². The fourth-order valence-corrected chi connectivity index (χ4v) is 2.30. The summed E-state index contributed by atoms with van der Waals surface area (Å²) >= 11 is 0. The molecular formula is C20H20O5. The Bertz CT molecular complexity index is 798. The van der Waals surface area contributed by atoms with Crippen LogP contribution in [0.4, 0.5) is 0 Å². The van der Waals surface area contributed by atoms with Gasteiger partial charge in [0, 0.05) is 11.6 Å². The van der Waals surface area contributed by atoms with Crippen LogP contribution in [-0.4, -0.2) is 29.6 Å². The second-order valence-electron chi connectivity index (χ2n) is 5.92. The van der Waals surface area contributed by atoms with Crippen LogP contribution in [0.1, 0.15) is 24.2 Å². The molecule has 0 aliphatic heterocycles. The molecule has 0 aromatic heterocycles. The van der Waals surface area contributed by atoms with Crippen LogP contribution in [0.5, 0.6) is 11.5 Å². The molecule has 130 valence electrons. The number of carbonyl (C=O) groups is 2. The van der Waals surface area contributed by atoms with Gasteiger partial charge in [-0.05, 0) is 37.6 Å². The van der Waals surface area contributed by atoms with E-state index in [1.54, 1.807) is 43.5 Å². The molecule has 0 saturated heterocycles. The number of para-hydroxylation sites is 1. The van der Waals surface area contributed by atoms with Gasteiger partial charge in [-0.3, -0.25) is 4.79 Å². The molecule has 2 rings (SSSR count). The molecule has 1 N–H and O–H groups in total. The minimum absolute atomic E-state index is 0.0877. The monoisotopic (exact) mass is 340 g/mol. The summed E-state index contributed by atoms with van der Waals surface area (Å²) in [6, 6.07) is 12.0. The maximum absolute atomic E-state index is 12.6. The highest BCUT2D eigenvalue weighted by Gasteiger charge is 2.29. The third kappa shape index (κ3) is 4.14. The van der Waals surface area contributed by atoms with Crippen molar-refractivity contribution in [2.24, 2.45) is 0 Å². The number of ketones is 1. The second kappa shape index (κ2) is 7.32. The minimum atomic E-state index is -1.60. The van der Waals surface area contributed by atoms with E-state index in [1.807, 2.05) is 0 Å². The number of benzene rings is 2. The molecule has 0 fully saturated rings. The minimum Gasteiger partial charge on any atom is -0.497 e. The van der Waals surface area contributed by atoms with Gasteiger partial charge in [0.25, 0.3) is 0 Å². The number of aliphatic hydroxyl groups is 1. The van der Waals surface area contributed by atoms with Crippen LogP contribution >= 0.6 is 0 Å². The van der Waals surface area contributed by atoms with Crippen molar-refractivity contribution in [3.8, 4) is 22.6 Å². The molecule has 5 heteroatoms. The maximum atomic E-state index is 12.6. The first-order valence-electron chi connectivity index (χ1n) is 7.66. The Morgan fingerprint density at radius 1 is 1.12 bits per heavy atom. The molecule has 25 heavy (non-hydrogen) atoms. The molecule has 0 saturated carbocycles. The molecule has 0 aliphatic rings. The first-order chi connectivity index (χ1) is 11.8. The number of esters is 1. The van der Waals surface area contributed by atoms with E-state index in [0.29, 0.717) is 11.3 Å². The van der Waals surface area contributed by atoms with Crippen molar-refractivity contribution in [1.29, 1.82) is 0 Å². The van der Waals surface area contributed by atoms with E-state index in [9.17, 15) is 14.7 Å². The van der Waals surface area contributed by atoms with E-state index in [0.717, 1.165) is 11.6 Å². The maximum Gasteiger partial charge on any atom is 0.335 e. The standard InChI is InChI=1S/C20H20O5/c1-5-17(21)25-18-15(13-9-11-14(24-4)12-10-13)7-6-8-16(18)19(22)20(2,3)23/h5-12,23H,1H2,2-4H3. The average Bonchev–Trinajstić information content (AvgIpc) is 2.60. The van der Waals surface area contributed by atoms with Gasteiger partial charge < -0.3 is 14.6 Å². The van der Waals surface area contributed by atoms with Gasteiger partial charge in [-0.2, -0.15) is 0 Å². The van der Waals surface area contributed by atoms with Crippen molar-refractivity contribution < 1.29 is 24.2 Å². The summed E-state index contributed by atoms with van der Waals surface area (Å²) in [4.78, 5) is 24.3. The van der Waals surface area contributed by atoms with E-state index in [-0.39, 0.29) is 11.3 Å². The van der Waals surface area contributed by atoms with Crippen LogP contribution in [-0.2, 0) is 4.79 Å². The lowest BCUT2D eigenvalue weighted by Crippen LogP contribution is -2.31. The molecule has 0 unspecified atom stereocenters. The number of hydrogen-bond donors (Lipinski definition) is 1. The SMILES string of the molecule is C=CC(=O)Oc1c(C(=O)C(C)(C)O)cccc1-c1ccc(OC)cc1. The van der Waals surface area contributed by atoms with Gasteiger partial charge in [0.05, 0.1) is 12.7 Å². The fourth-order valence-electron chi connectivity index (χ4n) is 2.30. The van der Waals surface area contributed by atoms with Crippen LogP contribution in [0.2, 0.25) is 0 Å². The normalized spacial score (nSPS) is 10.9. The summed E-state index contributed by atoms with van der Waals surface area (Å²) in [5.41, 5.74) is -0.199. The molecule has 2 aromatic carbocycles. The Kier molecular flexibility index (Phi) is 5.39. The number of hydrogen-bond acceptors (Lipinski definition) is 5. The van der Waals surface area contributed by atoms with E-state index in [4.69, 9.17) is 9.47 Å². The Morgan fingerprint density at radius 3 is 2.28 bits per heavy atom. The molecular weight excluding hydrogens is 320 g/mol. The number of Topliss-reactive ketones (excluding diaryl/α,β-unsaturated/α-hetero) is 1. The molecule has 0 bridgehead atoms. The van der Waals surface area contributed by atoms with Gasteiger partial charge in [-0.15, -0.1) is 0 Å². The van der Waals surface area contributed by atoms with Crippen molar-refractivity contribution in [3.63, 3.8) is 0 Å². The van der Waals surface area contributed by atoms with Crippen molar-refractivity contribution in [1.82, 2.24) is 0 Å². The Morgan fingerprint density at radius 2 is 1.76 bits per heavy atom. The Hall–Kier alpha value is -2.92. The topological polar surface area (TPSA) is 72.8 Å². The Balaban J connectivity index is 2.63. The number of rotatable bonds is 6. The van der Waals surface area contributed by atoms with Gasteiger partial charge in [0.2, 0.25) is 0 Å². The van der Waals surface area contributed by atoms with E-state index in [1.165, 1.54) is 19.9 Å². The molecule has 2 aromatic rings. The van der Waals surface area contributed by atoms with E-state index in [2.05, 4.69) is 6.58 Å². The Labute approximate surface area is 146 Å². The summed E-state index contributed by atoms with van der Waals surface area (Å²) in [6.07, 6.45) is 1.02. The molecule has 0 atom stereocenters. The van der Waals surface area contributed by atoms with E-state index >= 15 is 0 Å². The molecule has 0 heterocycles. The molecule has 0 aliphatic carbocycles. The van der Waals surface area contributed by atoms with Crippen molar-refractivity contribution >= 4 is 11.8 Å². The fraction of sp³-hybridized carbons (Fsp3) is 0.200. The van der Waals surface area contributed by atoms with Crippen molar-refractivity contribution in [3.05, 3.63) is 60.7 Å². The third-order valence-corrected chi connectivity index (χ3v) is 3.59. The lowest BCUT2D eigenvalue weighted by molar-refractivity contribution is -0.128. The van der Waals surface area contributed by atoms with Crippen LogP contribution in [0.25, 0.3) is 11.1 Å². The van der Waals surface area contributed by atoms with Crippen LogP contribution < -0.4 is 9.47 Å². The van der Waals surface area contributed by atoms with Crippen LogP contribution in [0, 0.1) is 0 Å². The summed E-state index contributed by atoms with van der Waals surface area (Å²) in [6.45, 7) is 6.15.